The van der Waals surface area contributed by atoms with Gasteiger partial charge in [0.05, 0.1) is 6.04 Å². The summed E-state index contributed by atoms with van der Waals surface area (Å²) in [6, 6.07) is 11.5. The molecule has 4 rings (SSSR count). The fraction of sp³-hybridized carbons (Fsp3) is 0.370. The number of nitrogens with two attached hydrogens (primary N) is 1. The Kier molecular flexibility index (Phi) is 6.84. The van der Waals surface area contributed by atoms with Gasteiger partial charge in [-0.2, -0.15) is 0 Å². The van der Waals surface area contributed by atoms with Gasteiger partial charge in [-0.3, -0.25) is 0 Å². The molecule has 1 heterocycles. The number of halogens is 3. The first kappa shape index (κ1) is 24.1. The lowest BCUT2D eigenvalue weighted by Gasteiger charge is -2.46. The van der Waals surface area contributed by atoms with E-state index in [2.05, 4.69) is 0 Å². The van der Waals surface area contributed by atoms with Crippen molar-refractivity contribution in [3.8, 4) is 0 Å². The van der Waals surface area contributed by atoms with Crippen molar-refractivity contribution in [1.82, 2.24) is 4.90 Å². The lowest BCUT2D eigenvalue weighted by molar-refractivity contribution is -0.0769. The molecule has 180 valence electrons. The van der Waals surface area contributed by atoms with Crippen LogP contribution < -0.4 is 5.73 Å². The molecule has 0 saturated carbocycles. The summed E-state index contributed by atoms with van der Waals surface area (Å²) in [5, 5.41) is 0. The standard InChI is InChI=1S/C27H29F3N2O2/c1-19(26(30)14-11-20(12-15-26)23-5-2-3-6-24(23)29)32-18-16-27(13-4-17-31,34-25(32)33)21-7-9-22(28)10-8-21/h2-3,5-12,14,19H,4,13,15-18,31H2,1H3/t19-,26?,27+/m0/s1. The summed E-state index contributed by atoms with van der Waals surface area (Å²) >= 11 is 0. The Morgan fingerprint density at radius 1 is 1.15 bits per heavy atom. The summed E-state index contributed by atoms with van der Waals surface area (Å²) in [5.74, 6) is -0.742. The number of rotatable bonds is 7. The molecule has 2 N–H and O–H groups in total. The highest BCUT2D eigenvalue weighted by Crippen LogP contribution is 2.41. The summed E-state index contributed by atoms with van der Waals surface area (Å²) in [7, 11) is 0. The number of cyclic esters (lactones) is 1. The predicted molar refractivity (Wildman–Crippen MR) is 126 cm³/mol. The van der Waals surface area contributed by atoms with Gasteiger partial charge < -0.3 is 15.4 Å². The monoisotopic (exact) mass is 470 g/mol. The first-order valence-electron chi connectivity index (χ1n) is 11.6. The maximum Gasteiger partial charge on any atom is 0.411 e. The molecule has 4 nitrogen and oxygen atoms in total. The van der Waals surface area contributed by atoms with Crippen LogP contribution >= 0.6 is 0 Å². The van der Waals surface area contributed by atoms with Crippen LogP contribution in [0, 0.1) is 11.6 Å². The highest BCUT2D eigenvalue weighted by atomic mass is 19.1. The van der Waals surface area contributed by atoms with Crippen molar-refractivity contribution in [1.29, 1.82) is 0 Å². The Morgan fingerprint density at radius 2 is 1.88 bits per heavy atom. The van der Waals surface area contributed by atoms with Gasteiger partial charge in [-0.1, -0.05) is 42.5 Å². The molecule has 34 heavy (non-hydrogen) atoms. The maximum atomic E-state index is 15.9. The van der Waals surface area contributed by atoms with Gasteiger partial charge in [-0.05, 0) is 61.7 Å². The third-order valence-corrected chi connectivity index (χ3v) is 6.95. The van der Waals surface area contributed by atoms with E-state index in [-0.39, 0.29) is 24.6 Å². The highest BCUT2D eigenvalue weighted by Gasteiger charge is 2.47. The number of alkyl halides is 1. The van der Waals surface area contributed by atoms with Crippen LogP contribution in [0.25, 0.3) is 5.57 Å². The molecule has 0 spiro atoms. The van der Waals surface area contributed by atoms with Gasteiger partial charge in [0.25, 0.3) is 0 Å². The van der Waals surface area contributed by atoms with Crippen LogP contribution in [0.15, 0.2) is 66.8 Å². The minimum atomic E-state index is -1.82. The number of allylic oxidation sites excluding steroid dienone is 3. The largest absolute Gasteiger partial charge is 0.438 e. The molecule has 0 aromatic heterocycles. The molecule has 1 saturated heterocycles. The first-order valence-corrected chi connectivity index (χ1v) is 11.6. The average molecular weight is 471 g/mol. The molecule has 1 fully saturated rings. The summed E-state index contributed by atoms with van der Waals surface area (Å²) in [6.45, 7) is 2.36. The fourth-order valence-corrected chi connectivity index (χ4v) is 4.78. The van der Waals surface area contributed by atoms with E-state index >= 15 is 4.39 Å². The van der Waals surface area contributed by atoms with Crippen molar-refractivity contribution in [2.24, 2.45) is 5.73 Å². The van der Waals surface area contributed by atoms with Gasteiger partial charge in [0.2, 0.25) is 0 Å². The molecule has 2 aromatic rings. The van der Waals surface area contributed by atoms with Crippen molar-refractivity contribution < 1.29 is 22.7 Å². The van der Waals surface area contributed by atoms with Crippen LogP contribution in [-0.4, -0.2) is 35.8 Å². The second-order valence-electron chi connectivity index (χ2n) is 8.98. The molecular formula is C27H29F3N2O2. The lowest BCUT2D eigenvalue weighted by Crippen LogP contribution is -2.56. The minimum absolute atomic E-state index is 0.00833. The SMILES string of the molecule is C[C@H](N1CC[C@](CCCN)(c2ccc(F)cc2)OC1=O)C1(F)C=CC(c2ccccc2F)=CC1. The van der Waals surface area contributed by atoms with E-state index in [1.807, 2.05) is 0 Å². The molecule has 1 aliphatic carbocycles. The van der Waals surface area contributed by atoms with E-state index in [0.29, 0.717) is 42.5 Å². The second kappa shape index (κ2) is 9.66. The number of carbonyl (C=O) groups excluding carboxylic acids is 1. The third kappa shape index (κ3) is 4.62. The van der Waals surface area contributed by atoms with Crippen molar-refractivity contribution in [2.45, 2.75) is 49.9 Å². The smallest absolute Gasteiger partial charge is 0.411 e. The number of ether oxygens (including phenoxy) is 1. The van der Waals surface area contributed by atoms with Gasteiger partial charge >= 0.3 is 6.09 Å². The van der Waals surface area contributed by atoms with Gasteiger partial charge in [0.15, 0.2) is 5.67 Å². The van der Waals surface area contributed by atoms with Crippen molar-refractivity contribution >= 4 is 11.7 Å². The van der Waals surface area contributed by atoms with Crippen LogP contribution in [0.3, 0.4) is 0 Å². The lowest BCUT2D eigenvalue weighted by atomic mass is 9.82. The number of amides is 1. The summed E-state index contributed by atoms with van der Waals surface area (Å²) in [5.41, 5.74) is 4.67. The molecule has 0 bridgehead atoms. The van der Waals surface area contributed by atoms with Gasteiger partial charge in [0, 0.05) is 24.9 Å². The predicted octanol–water partition coefficient (Wildman–Crippen LogP) is 5.88. The number of nitrogens with zero attached hydrogens (tertiary/aromatic N) is 1. The Labute approximate surface area is 197 Å². The summed E-state index contributed by atoms with van der Waals surface area (Å²) < 4.78 is 49.5. The summed E-state index contributed by atoms with van der Waals surface area (Å²) in [6.07, 6.45) is 5.58. The van der Waals surface area contributed by atoms with E-state index in [9.17, 15) is 13.6 Å². The summed E-state index contributed by atoms with van der Waals surface area (Å²) in [4.78, 5) is 14.5. The van der Waals surface area contributed by atoms with E-state index in [1.54, 1.807) is 49.4 Å². The Hall–Kier alpha value is -3.06. The van der Waals surface area contributed by atoms with Gasteiger partial charge in [0.1, 0.15) is 17.2 Å². The van der Waals surface area contributed by atoms with E-state index in [0.717, 1.165) is 0 Å². The topological polar surface area (TPSA) is 55.6 Å². The molecular weight excluding hydrogens is 441 g/mol. The zero-order valence-electron chi connectivity index (χ0n) is 19.1. The van der Waals surface area contributed by atoms with Crippen molar-refractivity contribution in [3.05, 3.63) is 89.5 Å². The molecule has 2 aromatic carbocycles. The van der Waals surface area contributed by atoms with Crippen LogP contribution in [0.5, 0.6) is 0 Å². The quantitative estimate of drug-likeness (QED) is 0.550. The van der Waals surface area contributed by atoms with E-state index < -0.39 is 23.4 Å². The molecule has 0 radical (unpaired) electrons. The second-order valence-corrected chi connectivity index (χ2v) is 8.98. The number of benzene rings is 2. The number of hydrogen-bond donors (Lipinski definition) is 1. The molecule has 1 amide bonds. The molecule has 2 aliphatic rings. The maximum absolute atomic E-state index is 15.9. The molecule has 1 unspecified atom stereocenters. The van der Waals surface area contributed by atoms with Gasteiger partial charge in [-0.15, -0.1) is 0 Å². The zero-order valence-corrected chi connectivity index (χ0v) is 19.1. The first-order chi connectivity index (χ1) is 16.3. The van der Waals surface area contributed by atoms with E-state index in [4.69, 9.17) is 10.5 Å². The molecule has 3 atom stereocenters. The normalized spacial score (nSPS) is 25.6. The minimum Gasteiger partial charge on any atom is -0.438 e. The molecule has 1 aliphatic heterocycles. The Bertz CT molecular complexity index is 1100. The zero-order chi connectivity index (χ0) is 24.3. The third-order valence-electron chi connectivity index (χ3n) is 6.95. The fourth-order valence-electron chi connectivity index (χ4n) is 4.78. The van der Waals surface area contributed by atoms with Crippen LogP contribution in [0.1, 0.15) is 43.7 Å². The van der Waals surface area contributed by atoms with Crippen LogP contribution in [-0.2, 0) is 10.3 Å². The number of carbonyl (C=O) groups is 1. The highest BCUT2D eigenvalue weighted by molar-refractivity contribution is 5.76. The van der Waals surface area contributed by atoms with Crippen LogP contribution in [0.4, 0.5) is 18.0 Å². The van der Waals surface area contributed by atoms with E-state index in [1.165, 1.54) is 29.2 Å². The Morgan fingerprint density at radius 3 is 2.50 bits per heavy atom. The van der Waals surface area contributed by atoms with Crippen molar-refractivity contribution in [2.75, 3.05) is 13.1 Å². The average Bonchev–Trinajstić information content (AvgIpc) is 2.84. The van der Waals surface area contributed by atoms with Crippen LogP contribution in [0.2, 0.25) is 0 Å². The van der Waals surface area contributed by atoms with Crippen molar-refractivity contribution in [3.63, 3.8) is 0 Å². The number of hydrogen-bond acceptors (Lipinski definition) is 3. The Balaban J connectivity index is 1.50. The molecule has 7 heteroatoms. The van der Waals surface area contributed by atoms with Gasteiger partial charge in [-0.25, -0.2) is 18.0 Å².